The fourth-order valence-electron chi connectivity index (χ4n) is 2.83. The zero-order valence-electron chi connectivity index (χ0n) is 19.1. The second-order valence-corrected chi connectivity index (χ2v) is 9.78. The maximum Gasteiger partial charge on any atom is 0.341 e. The molecular weight excluding hydrogens is 430 g/mol. The highest BCUT2D eigenvalue weighted by molar-refractivity contribution is 7.89. The molecule has 32 heavy (non-hydrogen) atoms. The molecule has 0 aliphatic heterocycles. The molecule has 0 spiro atoms. The Hall–Kier alpha value is -2.91. The van der Waals surface area contributed by atoms with Crippen LogP contribution in [0, 0.1) is 6.92 Å². The highest BCUT2D eigenvalue weighted by atomic mass is 32.2. The zero-order chi connectivity index (χ0) is 23.9. The number of benzene rings is 2. The van der Waals surface area contributed by atoms with Gasteiger partial charge in [-0.15, -0.1) is 0 Å². The first-order valence-corrected chi connectivity index (χ1v) is 11.9. The van der Waals surface area contributed by atoms with Gasteiger partial charge in [0.2, 0.25) is 10.0 Å². The van der Waals surface area contributed by atoms with Gasteiger partial charge in [-0.2, -0.15) is 0 Å². The number of unbranched alkanes of at least 4 members (excludes halogenated alkanes) is 1. The van der Waals surface area contributed by atoms with Gasteiger partial charge in [-0.3, -0.25) is 4.79 Å². The lowest BCUT2D eigenvalue weighted by Gasteiger charge is -2.17. The number of anilines is 2. The number of amides is 1. The van der Waals surface area contributed by atoms with Gasteiger partial charge in [0.25, 0.3) is 5.91 Å². The maximum atomic E-state index is 12.7. The SMILES string of the molecule is CCCCNc1ccccc1C(=O)OC(C)C(=O)Nc1cc(S(=O)(=O)N(C)C)ccc1C. The largest absolute Gasteiger partial charge is 0.449 e. The molecule has 0 aliphatic rings. The summed E-state index contributed by atoms with van der Waals surface area (Å²) in [5.41, 5.74) is 2.01. The molecule has 1 atom stereocenters. The number of rotatable bonds is 10. The van der Waals surface area contributed by atoms with E-state index in [1.807, 2.05) is 6.07 Å². The van der Waals surface area contributed by atoms with Crippen LogP contribution in [0.25, 0.3) is 0 Å². The standard InChI is InChI=1S/C23H31N3O5S/c1-6-7-14-24-20-11-9-8-10-19(20)23(28)31-17(3)22(27)25-21-15-18(13-12-16(21)2)32(29,30)26(4)5/h8-13,15,17,24H,6-7,14H2,1-5H3,(H,25,27). The van der Waals surface area contributed by atoms with Crippen LogP contribution in [0.4, 0.5) is 11.4 Å². The van der Waals surface area contributed by atoms with Crippen molar-refractivity contribution in [2.24, 2.45) is 0 Å². The Kier molecular flexibility index (Phi) is 8.80. The lowest BCUT2D eigenvalue weighted by molar-refractivity contribution is -0.123. The molecule has 2 aromatic carbocycles. The number of hydrogen-bond acceptors (Lipinski definition) is 6. The van der Waals surface area contributed by atoms with Gasteiger partial charge in [0.05, 0.1) is 10.5 Å². The van der Waals surface area contributed by atoms with E-state index in [2.05, 4.69) is 17.6 Å². The summed E-state index contributed by atoms with van der Waals surface area (Å²) < 4.78 is 31.2. The predicted molar refractivity (Wildman–Crippen MR) is 125 cm³/mol. The molecule has 0 saturated carbocycles. The number of carbonyl (C=O) groups excluding carboxylic acids is 2. The Morgan fingerprint density at radius 3 is 2.44 bits per heavy atom. The highest BCUT2D eigenvalue weighted by Crippen LogP contribution is 2.23. The number of esters is 1. The van der Waals surface area contributed by atoms with E-state index in [0.717, 1.165) is 23.7 Å². The van der Waals surface area contributed by atoms with Crippen molar-refractivity contribution in [3.8, 4) is 0 Å². The number of para-hydroxylation sites is 1. The van der Waals surface area contributed by atoms with Crippen LogP contribution in [0.1, 0.15) is 42.6 Å². The highest BCUT2D eigenvalue weighted by Gasteiger charge is 2.23. The molecule has 0 saturated heterocycles. The van der Waals surface area contributed by atoms with Crippen molar-refractivity contribution in [2.45, 2.75) is 44.6 Å². The number of aryl methyl sites for hydroxylation is 1. The normalized spacial score (nSPS) is 12.3. The molecule has 0 aromatic heterocycles. The van der Waals surface area contributed by atoms with E-state index in [9.17, 15) is 18.0 Å². The van der Waals surface area contributed by atoms with Crippen molar-refractivity contribution in [2.75, 3.05) is 31.3 Å². The first-order chi connectivity index (χ1) is 15.1. The van der Waals surface area contributed by atoms with Crippen LogP contribution in [0.2, 0.25) is 0 Å². The number of ether oxygens (including phenoxy) is 1. The van der Waals surface area contributed by atoms with Gasteiger partial charge in [-0.1, -0.05) is 31.5 Å². The van der Waals surface area contributed by atoms with Crippen molar-refractivity contribution >= 4 is 33.3 Å². The summed E-state index contributed by atoms with van der Waals surface area (Å²) in [5, 5.41) is 5.87. The average molecular weight is 462 g/mol. The summed E-state index contributed by atoms with van der Waals surface area (Å²) in [6.07, 6.45) is 0.900. The Bertz CT molecular complexity index is 1070. The fraction of sp³-hybridized carbons (Fsp3) is 0.391. The maximum absolute atomic E-state index is 12.7. The molecule has 0 heterocycles. The third-order valence-electron chi connectivity index (χ3n) is 4.89. The molecule has 0 aliphatic carbocycles. The van der Waals surface area contributed by atoms with Crippen molar-refractivity contribution in [1.29, 1.82) is 0 Å². The van der Waals surface area contributed by atoms with E-state index in [0.29, 0.717) is 22.5 Å². The molecule has 0 radical (unpaired) electrons. The Balaban J connectivity index is 2.12. The van der Waals surface area contributed by atoms with Gasteiger partial charge < -0.3 is 15.4 Å². The molecule has 8 nitrogen and oxygen atoms in total. The van der Waals surface area contributed by atoms with Crippen LogP contribution in [-0.2, 0) is 19.6 Å². The van der Waals surface area contributed by atoms with E-state index in [4.69, 9.17) is 4.74 Å². The molecule has 0 bridgehead atoms. The topological polar surface area (TPSA) is 105 Å². The van der Waals surface area contributed by atoms with Crippen molar-refractivity contribution in [3.63, 3.8) is 0 Å². The molecular formula is C23H31N3O5S. The minimum Gasteiger partial charge on any atom is -0.449 e. The minimum atomic E-state index is -3.65. The molecule has 2 aromatic rings. The first kappa shape index (κ1) is 25.4. The second kappa shape index (κ2) is 11.1. The summed E-state index contributed by atoms with van der Waals surface area (Å²) in [4.78, 5) is 25.4. The molecule has 2 N–H and O–H groups in total. The number of carbonyl (C=O) groups is 2. The number of hydrogen-bond donors (Lipinski definition) is 2. The molecule has 1 amide bonds. The van der Waals surface area contributed by atoms with E-state index in [1.54, 1.807) is 31.2 Å². The molecule has 0 fully saturated rings. The van der Waals surface area contributed by atoms with E-state index < -0.39 is 28.0 Å². The summed E-state index contributed by atoms with van der Waals surface area (Å²) in [6, 6.07) is 11.5. The van der Waals surface area contributed by atoms with Gasteiger partial charge in [-0.05, 0) is 50.1 Å². The third kappa shape index (κ3) is 6.30. The van der Waals surface area contributed by atoms with Gasteiger partial charge in [0.1, 0.15) is 0 Å². The fourth-order valence-corrected chi connectivity index (χ4v) is 3.76. The average Bonchev–Trinajstić information content (AvgIpc) is 2.75. The smallest absolute Gasteiger partial charge is 0.341 e. The lowest BCUT2D eigenvalue weighted by Crippen LogP contribution is -2.30. The molecule has 174 valence electrons. The summed E-state index contributed by atoms with van der Waals surface area (Å²) in [5.74, 6) is -1.18. The number of nitrogens with one attached hydrogen (secondary N) is 2. The zero-order valence-corrected chi connectivity index (χ0v) is 20.0. The molecule has 9 heteroatoms. The number of sulfonamides is 1. The number of nitrogens with zero attached hydrogens (tertiary/aromatic N) is 1. The molecule has 2 rings (SSSR count). The van der Waals surface area contributed by atoms with Crippen LogP contribution in [0.3, 0.4) is 0 Å². The monoisotopic (exact) mass is 461 g/mol. The summed E-state index contributed by atoms with van der Waals surface area (Å²) in [7, 11) is -0.783. The van der Waals surface area contributed by atoms with E-state index in [-0.39, 0.29) is 4.90 Å². The summed E-state index contributed by atoms with van der Waals surface area (Å²) in [6.45, 7) is 6.02. The Morgan fingerprint density at radius 2 is 1.78 bits per heavy atom. The second-order valence-electron chi connectivity index (χ2n) is 7.63. The van der Waals surface area contributed by atoms with Crippen molar-refractivity contribution in [3.05, 3.63) is 53.6 Å². The van der Waals surface area contributed by atoms with Crippen LogP contribution >= 0.6 is 0 Å². The van der Waals surface area contributed by atoms with Gasteiger partial charge in [0.15, 0.2) is 6.10 Å². The Labute approximate surface area is 190 Å². The third-order valence-corrected chi connectivity index (χ3v) is 6.70. The Morgan fingerprint density at radius 1 is 1.09 bits per heavy atom. The van der Waals surface area contributed by atoms with Crippen LogP contribution in [0.5, 0.6) is 0 Å². The first-order valence-electron chi connectivity index (χ1n) is 10.5. The van der Waals surface area contributed by atoms with Crippen LogP contribution in [-0.4, -0.2) is 51.3 Å². The van der Waals surface area contributed by atoms with Gasteiger partial charge in [0, 0.05) is 32.0 Å². The quantitative estimate of drug-likeness (QED) is 0.413. The predicted octanol–water partition coefficient (Wildman–Crippen LogP) is 3.64. The van der Waals surface area contributed by atoms with E-state index >= 15 is 0 Å². The van der Waals surface area contributed by atoms with Crippen LogP contribution < -0.4 is 10.6 Å². The van der Waals surface area contributed by atoms with Gasteiger partial charge >= 0.3 is 5.97 Å². The minimum absolute atomic E-state index is 0.0557. The lowest BCUT2D eigenvalue weighted by atomic mass is 10.1. The van der Waals surface area contributed by atoms with Crippen molar-refractivity contribution in [1.82, 2.24) is 4.31 Å². The van der Waals surface area contributed by atoms with E-state index in [1.165, 1.54) is 33.2 Å². The van der Waals surface area contributed by atoms with Crippen LogP contribution in [0.15, 0.2) is 47.4 Å². The van der Waals surface area contributed by atoms with Gasteiger partial charge in [-0.25, -0.2) is 17.5 Å². The van der Waals surface area contributed by atoms with Crippen molar-refractivity contribution < 1.29 is 22.7 Å². The summed E-state index contributed by atoms with van der Waals surface area (Å²) >= 11 is 0. The molecule has 1 unspecified atom stereocenters.